The highest BCUT2D eigenvalue weighted by Crippen LogP contribution is 2.20. The van der Waals surface area contributed by atoms with Gasteiger partial charge < -0.3 is 24.4 Å². The van der Waals surface area contributed by atoms with Crippen LogP contribution in [-0.2, 0) is 9.47 Å². The van der Waals surface area contributed by atoms with E-state index in [2.05, 4.69) is 9.80 Å². The minimum absolute atomic E-state index is 0.177. The Bertz CT molecular complexity index is 627. The van der Waals surface area contributed by atoms with Crippen molar-refractivity contribution >= 4 is 11.4 Å². The maximum atomic E-state index is 12.9. The van der Waals surface area contributed by atoms with Gasteiger partial charge in [-0.3, -0.25) is 0 Å². The monoisotopic (exact) mass is 359 g/mol. The van der Waals surface area contributed by atoms with E-state index in [0.29, 0.717) is 5.75 Å². The summed E-state index contributed by atoms with van der Waals surface area (Å²) in [6.45, 7) is 6.53. The van der Waals surface area contributed by atoms with Gasteiger partial charge >= 0.3 is 0 Å². The Morgan fingerprint density at radius 3 is 1.73 bits per heavy atom. The smallest absolute Gasteiger partial charge is 0.125 e. The second-order valence-electron chi connectivity index (χ2n) is 6.20. The predicted octanol–water partition coefficient (Wildman–Crippen LogP) is 2.89. The van der Waals surface area contributed by atoms with E-state index in [-0.39, 0.29) is 5.82 Å². The third kappa shape index (κ3) is 5.34. The number of halogens is 1. The van der Waals surface area contributed by atoms with E-state index >= 15 is 0 Å². The lowest BCUT2D eigenvalue weighted by Gasteiger charge is -2.28. The first-order valence-electron chi connectivity index (χ1n) is 8.92. The summed E-state index contributed by atoms with van der Waals surface area (Å²) < 4.78 is 23.3. The number of hydrogen-bond donors (Lipinski definition) is 1. The van der Waals surface area contributed by atoms with Crippen LogP contribution < -0.4 is 9.80 Å². The Kier molecular flexibility index (Phi) is 6.68. The highest BCUT2D eigenvalue weighted by Gasteiger charge is 2.11. The van der Waals surface area contributed by atoms with E-state index in [0.717, 1.165) is 64.0 Å². The van der Waals surface area contributed by atoms with Gasteiger partial charge in [0.25, 0.3) is 0 Å². The Hall–Kier alpha value is -2.31. The zero-order chi connectivity index (χ0) is 18.2. The first-order valence-corrected chi connectivity index (χ1v) is 8.92. The summed E-state index contributed by atoms with van der Waals surface area (Å²) in [4.78, 5) is 4.34. The van der Waals surface area contributed by atoms with Gasteiger partial charge in [-0.1, -0.05) is 12.1 Å². The van der Waals surface area contributed by atoms with E-state index in [1.807, 2.05) is 18.2 Å². The molecule has 0 aliphatic carbocycles. The number of ether oxygens (including phenoxy) is 2. The number of nitrogens with zero attached hydrogens (tertiary/aromatic N) is 2. The van der Waals surface area contributed by atoms with Crippen molar-refractivity contribution in [2.24, 2.45) is 0 Å². The van der Waals surface area contributed by atoms with Gasteiger partial charge in [-0.15, -0.1) is 0 Å². The van der Waals surface area contributed by atoms with Crippen LogP contribution in [-0.4, -0.2) is 57.7 Å². The molecule has 0 amide bonds. The van der Waals surface area contributed by atoms with Gasteiger partial charge in [0, 0.05) is 43.6 Å². The molecule has 2 aliphatic rings. The molecule has 0 aromatic heterocycles. The molecule has 0 spiro atoms. The molecule has 26 heavy (non-hydrogen) atoms. The van der Waals surface area contributed by atoms with Crippen molar-refractivity contribution in [1.82, 2.24) is 0 Å². The summed E-state index contributed by atoms with van der Waals surface area (Å²) in [6, 6.07) is 14.0. The van der Waals surface area contributed by atoms with Crippen LogP contribution in [0.3, 0.4) is 0 Å². The number of anilines is 2. The largest absolute Gasteiger partial charge is 0.508 e. The Balaban J connectivity index is 0.000000151. The topological polar surface area (TPSA) is 45.2 Å². The molecule has 0 radical (unpaired) electrons. The summed E-state index contributed by atoms with van der Waals surface area (Å²) in [5.41, 5.74) is 2.02. The number of phenolic OH excluding ortho intramolecular Hbond substituents is 1. The number of hydrogen-bond acceptors (Lipinski definition) is 5. The van der Waals surface area contributed by atoms with Crippen molar-refractivity contribution in [3.8, 4) is 5.75 Å². The first-order chi connectivity index (χ1) is 12.7. The molecular formula is C20H25FN2O3. The standard InChI is InChI=1S/C10H12FNO.C10H13NO2/c11-9-2-1-3-10(8-9)12-4-6-13-7-5-12;12-10-3-1-2-9(8-10)11-4-6-13-7-5-11/h1-3,8H,4-7H2;1-3,8,12H,4-7H2/i11-1;. The number of phenols is 1. The average Bonchev–Trinajstić information content (AvgIpc) is 2.70. The third-order valence-electron chi connectivity index (χ3n) is 4.39. The van der Waals surface area contributed by atoms with E-state index in [9.17, 15) is 9.50 Å². The molecule has 2 saturated heterocycles. The van der Waals surface area contributed by atoms with Crippen LogP contribution in [0.4, 0.5) is 15.8 Å². The molecule has 0 bridgehead atoms. The highest BCUT2D eigenvalue weighted by molar-refractivity contribution is 5.50. The van der Waals surface area contributed by atoms with Gasteiger partial charge in [-0.25, -0.2) is 4.39 Å². The quantitative estimate of drug-likeness (QED) is 0.893. The molecule has 2 aromatic carbocycles. The number of rotatable bonds is 2. The van der Waals surface area contributed by atoms with Crippen LogP contribution in [0.2, 0.25) is 0 Å². The van der Waals surface area contributed by atoms with Crippen LogP contribution in [0.5, 0.6) is 5.75 Å². The summed E-state index contributed by atoms with van der Waals surface area (Å²) in [6.07, 6.45) is 0. The van der Waals surface area contributed by atoms with Crippen LogP contribution in [0, 0.1) is 5.82 Å². The zero-order valence-corrected chi connectivity index (χ0v) is 14.8. The van der Waals surface area contributed by atoms with Gasteiger partial charge in [0.15, 0.2) is 0 Å². The molecular weight excluding hydrogens is 334 g/mol. The van der Waals surface area contributed by atoms with Crippen LogP contribution in [0.1, 0.15) is 0 Å². The molecule has 2 heterocycles. The predicted molar refractivity (Wildman–Crippen MR) is 101 cm³/mol. The zero-order valence-electron chi connectivity index (χ0n) is 14.8. The molecule has 0 unspecified atom stereocenters. The maximum absolute atomic E-state index is 12.9. The second kappa shape index (κ2) is 9.40. The Morgan fingerprint density at radius 1 is 0.731 bits per heavy atom. The Morgan fingerprint density at radius 2 is 1.23 bits per heavy atom. The number of morpholine rings is 2. The first kappa shape index (κ1) is 18.5. The van der Waals surface area contributed by atoms with Crippen LogP contribution >= 0.6 is 0 Å². The van der Waals surface area contributed by atoms with E-state index in [4.69, 9.17) is 9.47 Å². The molecule has 6 heteroatoms. The minimum Gasteiger partial charge on any atom is -0.508 e. The SMILES string of the molecule is Oc1cccc(N2CCOCC2)c1.[18F]c1cccc(N2CCOCC2)c1. The molecule has 0 saturated carbocycles. The van der Waals surface area contributed by atoms with Crippen molar-refractivity contribution in [3.63, 3.8) is 0 Å². The summed E-state index contributed by atoms with van der Waals surface area (Å²) in [5, 5.41) is 9.29. The van der Waals surface area contributed by atoms with E-state index in [1.54, 1.807) is 24.3 Å². The lowest BCUT2D eigenvalue weighted by atomic mass is 10.2. The molecule has 2 aliphatic heterocycles. The fraction of sp³-hybridized carbons (Fsp3) is 0.400. The number of aromatic hydroxyl groups is 1. The van der Waals surface area contributed by atoms with E-state index < -0.39 is 0 Å². The molecule has 5 nitrogen and oxygen atoms in total. The Labute approximate surface area is 153 Å². The summed E-state index contributed by atoms with van der Waals surface area (Å²) in [7, 11) is 0. The fourth-order valence-corrected chi connectivity index (χ4v) is 3.01. The van der Waals surface area contributed by atoms with Crippen molar-refractivity contribution in [2.45, 2.75) is 0 Å². The lowest BCUT2D eigenvalue weighted by Crippen LogP contribution is -2.36. The van der Waals surface area contributed by atoms with Crippen molar-refractivity contribution in [2.75, 3.05) is 62.4 Å². The summed E-state index contributed by atoms with van der Waals surface area (Å²) >= 11 is 0. The number of benzene rings is 2. The maximum Gasteiger partial charge on any atom is 0.125 e. The molecule has 140 valence electrons. The molecule has 0 atom stereocenters. The van der Waals surface area contributed by atoms with Gasteiger partial charge in [-0.2, -0.15) is 0 Å². The second-order valence-corrected chi connectivity index (χ2v) is 6.20. The molecule has 2 fully saturated rings. The minimum atomic E-state index is -0.177. The third-order valence-corrected chi connectivity index (χ3v) is 4.39. The average molecular weight is 359 g/mol. The van der Waals surface area contributed by atoms with E-state index in [1.165, 1.54) is 6.07 Å². The van der Waals surface area contributed by atoms with Crippen molar-refractivity contribution < 1.29 is 19.0 Å². The molecule has 4 rings (SSSR count). The molecule has 1 N–H and O–H groups in total. The lowest BCUT2D eigenvalue weighted by molar-refractivity contribution is 0.122. The van der Waals surface area contributed by atoms with Gasteiger partial charge in [0.05, 0.1) is 26.4 Å². The van der Waals surface area contributed by atoms with Crippen molar-refractivity contribution in [1.29, 1.82) is 0 Å². The molecule has 2 aromatic rings. The van der Waals surface area contributed by atoms with Crippen molar-refractivity contribution in [3.05, 3.63) is 54.3 Å². The van der Waals surface area contributed by atoms with Crippen LogP contribution in [0.15, 0.2) is 48.5 Å². The normalized spacial score (nSPS) is 17.4. The highest BCUT2D eigenvalue weighted by atomic mass is 18.2. The van der Waals surface area contributed by atoms with Gasteiger partial charge in [0.1, 0.15) is 11.6 Å². The van der Waals surface area contributed by atoms with Gasteiger partial charge in [-0.05, 0) is 30.3 Å². The van der Waals surface area contributed by atoms with Crippen LogP contribution in [0.25, 0.3) is 0 Å². The van der Waals surface area contributed by atoms with Gasteiger partial charge in [0.2, 0.25) is 0 Å². The summed E-state index contributed by atoms with van der Waals surface area (Å²) in [5.74, 6) is 0.146. The fourth-order valence-electron chi connectivity index (χ4n) is 3.01.